The number of carbonyl (C=O) groups is 1. The maximum atomic E-state index is 12.9. The van der Waals surface area contributed by atoms with E-state index in [0.717, 1.165) is 21.4 Å². The van der Waals surface area contributed by atoms with Gasteiger partial charge in [-0.2, -0.15) is 0 Å². The van der Waals surface area contributed by atoms with E-state index in [0.29, 0.717) is 11.3 Å². The Morgan fingerprint density at radius 1 is 1.12 bits per heavy atom. The molecular weight excluding hydrogens is 390 g/mol. The van der Waals surface area contributed by atoms with Gasteiger partial charge >= 0.3 is 0 Å². The first-order chi connectivity index (χ1) is 12.5. The molecule has 1 unspecified atom stereocenters. The van der Waals surface area contributed by atoms with Crippen LogP contribution in [-0.2, 0) is 0 Å². The van der Waals surface area contributed by atoms with Crippen molar-refractivity contribution in [3.05, 3.63) is 82.2 Å². The van der Waals surface area contributed by atoms with E-state index >= 15 is 0 Å². The molecule has 0 aliphatic heterocycles. The fourth-order valence-corrected chi connectivity index (χ4v) is 3.18. The summed E-state index contributed by atoms with van der Waals surface area (Å²) < 4.78 is 0.999. The monoisotopic (exact) mass is 409 g/mol. The van der Waals surface area contributed by atoms with Gasteiger partial charge in [-0.15, -0.1) is 0 Å². The summed E-state index contributed by atoms with van der Waals surface area (Å²) in [5.74, 6) is -0.0612. The third-order valence-electron chi connectivity index (χ3n) is 4.45. The SMILES string of the molecule is Cc1nc(-c2cccc(Br)c2)ccc1C(=O)N(C)C(C)c1ccccn1. The number of carbonyl (C=O) groups excluding carboxylic acids is 1. The fraction of sp³-hybridized carbons (Fsp3) is 0.190. The molecule has 3 aromatic rings. The van der Waals surface area contributed by atoms with Crippen LogP contribution in [0.25, 0.3) is 11.3 Å². The number of hydrogen-bond acceptors (Lipinski definition) is 3. The van der Waals surface area contributed by atoms with Crippen LogP contribution >= 0.6 is 15.9 Å². The lowest BCUT2D eigenvalue weighted by molar-refractivity contribution is 0.0738. The molecule has 2 aromatic heterocycles. The van der Waals surface area contributed by atoms with E-state index in [4.69, 9.17) is 0 Å². The van der Waals surface area contributed by atoms with E-state index in [1.165, 1.54) is 0 Å². The second-order valence-corrected chi connectivity index (χ2v) is 7.10. The highest BCUT2D eigenvalue weighted by atomic mass is 79.9. The van der Waals surface area contributed by atoms with Crippen LogP contribution in [-0.4, -0.2) is 27.8 Å². The van der Waals surface area contributed by atoms with Crippen molar-refractivity contribution in [3.63, 3.8) is 0 Å². The summed E-state index contributed by atoms with van der Waals surface area (Å²) in [6.45, 7) is 3.84. The maximum absolute atomic E-state index is 12.9. The third-order valence-corrected chi connectivity index (χ3v) is 4.95. The number of rotatable bonds is 4. The van der Waals surface area contributed by atoms with Gasteiger partial charge < -0.3 is 4.90 Å². The molecule has 132 valence electrons. The molecule has 0 saturated carbocycles. The molecule has 4 nitrogen and oxygen atoms in total. The van der Waals surface area contributed by atoms with Gasteiger partial charge in [-0.05, 0) is 50.2 Å². The lowest BCUT2D eigenvalue weighted by atomic mass is 10.1. The molecule has 2 heterocycles. The van der Waals surface area contributed by atoms with E-state index < -0.39 is 0 Å². The highest BCUT2D eigenvalue weighted by molar-refractivity contribution is 9.10. The van der Waals surface area contributed by atoms with Gasteiger partial charge in [0.25, 0.3) is 5.91 Å². The summed E-state index contributed by atoms with van der Waals surface area (Å²) in [6.07, 6.45) is 1.74. The first-order valence-corrected chi connectivity index (χ1v) is 9.18. The number of pyridine rings is 2. The third kappa shape index (κ3) is 3.83. The number of halogens is 1. The van der Waals surface area contributed by atoms with E-state index in [1.807, 2.05) is 68.4 Å². The first kappa shape index (κ1) is 18.3. The Bertz CT molecular complexity index is 928. The van der Waals surface area contributed by atoms with Crippen molar-refractivity contribution in [3.8, 4) is 11.3 Å². The number of nitrogens with zero attached hydrogens (tertiary/aromatic N) is 3. The van der Waals surface area contributed by atoms with Crippen molar-refractivity contribution in [2.45, 2.75) is 19.9 Å². The lowest BCUT2D eigenvalue weighted by Gasteiger charge is -2.25. The van der Waals surface area contributed by atoms with Gasteiger partial charge in [0.2, 0.25) is 0 Å². The summed E-state index contributed by atoms with van der Waals surface area (Å²) in [7, 11) is 1.79. The summed E-state index contributed by atoms with van der Waals surface area (Å²) in [4.78, 5) is 23.6. The Labute approximate surface area is 162 Å². The number of amides is 1. The van der Waals surface area contributed by atoms with Crippen molar-refractivity contribution in [2.24, 2.45) is 0 Å². The summed E-state index contributed by atoms with van der Waals surface area (Å²) in [5.41, 5.74) is 4.04. The maximum Gasteiger partial charge on any atom is 0.255 e. The second-order valence-electron chi connectivity index (χ2n) is 6.19. The van der Waals surface area contributed by atoms with Crippen LogP contribution in [0.15, 0.2) is 65.3 Å². The normalized spacial score (nSPS) is 11.8. The largest absolute Gasteiger partial charge is 0.333 e. The molecular formula is C21H20BrN3O. The molecule has 0 fully saturated rings. The average Bonchev–Trinajstić information content (AvgIpc) is 2.67. The molecule has 1 amide bonds. The van der Waals surface area contributed by atoms with Crippen LogP contribution in [0.3, 0.4) is 0 Å². The van der Waals surface area contributed by atoms with Gasteiger partial charge in [0.15, 0.2) is 0 Å². The van der Waals surface area contributed by atoms with Gasteiger partial charge in [0.1, 0.15) is 0 Å². The number of aryl methyl sites for hydroxylation is 1. The van der Waals surface area contributed by atoms with Gasteiger partial charge in [-0.3, -0.25) is 14.8 Å². The van der Waals surface area contributed by atoms with Gasteiger partial charge in [0.05, 0.1) is 28.7 Å². The minimum absolute atomic E-state index is 0.0612. The van der Waals surface area contributed by atoms with E-state index in [9.17, 15) is 4.79 Å². The summed E-state index contributed by atoms with van der Waals surface area (Å²) >= 11 is 3.48. The molecule has 0 saturated heterocycles. The van der Waals surface area contributed by atoms with Crippen molar-refractivity contribution in [1.29, 1.82) is 0 Å². The zero-order valence-corrected chi connectivity index (χ0v) is 16.6. The molecule has 1 aromatic carbocycles. The quantitative estimate of drug-likeness (QED) is 0.605. The van der Waals surface area contributed by atoms with Gasteiger partial charge in [-0.25, -0.2) is 0 Å². The summed E-state index contributed by atoms with van der Waals surface area (Å²) in [6, 6.07) is 17.3. The van der Waals surface area contributed by atoms with Crippen molar-refractivity contribution >= 4 is 21.8 Å². The number of aromatic nitrogens is 2. The van der Waals surface area contributed by atoms with Crippen molar-refractivity contribution < 1.29 is 4.79 Å². The van der Waals surface area contributed by atoms with Crippen LogP contribution in [0.2, 0.25) is 0 Å². The predicted molar refractivity (Wildman–Crippen MR) is 107 cm³/mol. The molecule has 26 heavy (non-hydrogen) atoms. The predicted octanol–water partition coefficient (Wildman–Crippen LogP) is 5.05. The van der Waals surface area contributed by atoms with Crippen LogP contribution in [0.4, 0.5) is 0 Å². The Hall–Kier alpha value is -2.53. The number of hydrogen-bond donors (Lipinski definition) is 0. The minimum atomic E-state index is -0.118. The van der Waals surface area contributed by atoms with Gasteiger partial charge in [0, 0.05) is 23.3 Å². The molecule has 0 N–H and O–H groups in total. The van der Waals surface area contributed by atoms with E-state index in [-0.39, 0.29) is 11.9 Å². The smallest absolute Gasteiger partial charge is 0.255 e. The molecule has 3 rings (SSSR count). The minimum Gasteiger partial charge on any atom is -0.333 e. The highest BCUT2D eigenvalue weighted by Gasteiger charge is 2.21. The zero-order chi connectivity index (χ0) is 18.7. The van der Waals surface area contributed by atoms with Crippen LogP contribution in [0.1, 0.15) is 34.7 Å². The molecule has 0 radical (unpaired) electrons. The van der Waals surface area contributed by atoms with E-state index in [2.05, 4.69) is 25.9 Å². The topological polar surface area (TPSA) is 46.1 Å². The first-order valence-electron chi connectivity index (χ1n) is 8.39. The summed E-state index contributed by atoms with van der Waals surface area (Å²) in [5, 5.41) is 0. The standard InChI is InChI=1S/C21H20BrN3O/c1-14-18(10-11-20(24-14)16-7-6-8-17(22)13-16)21(26)25(3)15(2)19-9-4-5-12-23-19/h4-13,15H,1-3H3. The Kier molecular flexibility index (Phi) is 5.47. The molecule has 1 atom stereocenters. The van der Waals surface area contributed by atoms with E-state index in [1.54, 1.807) is 18.1 Å². The molecule has 5 heteroatoms. The molecule has 0 aliphatic carbocycles. The fourth-order valence-electron chi connectivity index (χ4n) is 2.78. The second kappa shape index (κ2) is 7.79. The Morgan fingerprint density at radius 2 is 1.92 bits per heavy atom. The molecule has 0 spiro atoms. The average molecular weight is 410 g/mol. The van der Waals surface area contributed by atoms with Crippen LogP contribution < -0.4 is 0 Å². The molecule has 0 aliphatic rings. The Morgan fingerprint density at radius 3 is 2.58 bits per heavy atom. The van der Waals surface area contributed by atoms with Gasteiger partial charge in [-0.1, -0.05) is 34.1 Å². The van der Waals surface area contributed by atoms with Crippen molar-refractivity contribution in [2.75, 3.05) is 7.05 Å². The Balaban J connectivity index is 1.86. The zero-order valence-electron chi connectivity index (χ0n) is 15.0. The van der Waals surface area contributed by atoms with Crippen molar-refractivity contribution in [1.82, 2.24) is 14.9 Å². The van der Waals surface area contributed by atoms with Crippen LogP contribution in [0, 0.1) is 6.92 Å². The lowest BCUT2D eigenvalue weighted by Crippen LogP contribution is -2.30. The highest BCUT2D eigenvalue weighted by Crippen LogP contribution is 2.24. The van der Waals surface area contributed by atoms with Crippen LogP contribution in [0.5, 0.6) is 0 Å². The molecule has 0 bridgehead atoms. The number of benzene rings is 1.